The summed E-state index contributed by atoms with van der Waals surface area (Å²) >= 11 is 5.36. The summed E-state index contributed by atoms with van der Waals surface area (Å²) in [7, 11) is 0. The molecule has 1 rings (SSSR count). The smallest absolute Gasteiger partial charge is 0.224 e. The predicted octanol–water partition coefficient (Wildman–Crippen LogP) is 3.83. The van der Waals surface area contributed by atoms with E-state index in [0.29, 0.717) is 6.42 Å². The van der Waals surface area contributed by atoms with E-state index in [-0.39, 0.29) is 16.9 Å². The van der Waals surface area contributed by atoms with Gasteiger partial charge in [-0.1, -0.05) is 43.7 Å². The summed E-state index contributed by atoms with van der Waals surface area (Å²) in [5.41, 5.74) is 0.758. The number of halogens is 1. The molecule has 0 aliphatic carbocycles. The zero-order valence-electron chi connectivity index (χ0n) is 9.99. The lowest BCUT2D eigenvalue weighted by Gasteiger charge is -2.05. The van der Waals surface area contributed by atoms with E-state index >= 15 is 0 Å². The molecular weight excluding hydrogens is 236 g/mol. The maximum atomic E-state index is 11.7. The first-order valence-electron chi connectivity index (χ1n) is 5.89. The molecule has 0 fully saturated rings. The third kappa shape index (κ3) is 5.14. The summed E-state index contributed by atoms with van der Waals surface area (Å²) in [6, 6.07) is 9.27. The molecule has 92 valence electrons. The molecule has 0 aliphatic rings. The number of unbranched alkanes of at least 4 members (excludes halogenated alkanes) is 1. The summed E-state index contributed by atoms with van der Waals surface area (Å²) in [5.74, 6) is 0.0546. The van der Waals surface area contributed by atoms with Crippen LogP contribution in [0.4, 0.5) is 0 Å². The van der Waals surface area contributed by atoms with Crippen LogP contribution in [0.15, 0.2) is 30.3 Å². The first-order valence-corrected chi connectivity index (χ1v) is 6.26. The van der Waals surface area contributed by atoms with Gasteiger partial charge in [0.2, 0.25) is 5.24 Å². The lowest BCUT2D eigenvalue weighted by molar-refractivity contribution is -0.114. The lowest BCUT2D eigenvalue weighted by Crippen LogP contribution is -2.04. The van der Waals surface area contributed by atoms with Crippen LogP contribution >= 0.6 is 11.6 Å². The highest BCUT2D eigenvalue weighted by molar-refractivity contribution is 6.63. The van der Waals surface area contributed by atoms with E-state index in [2.05, 4.69) is 0 Å². The van der Waals surface area contributed by atoms with Crippen molar-refractivity contribution in [1.29, 1.82) is 0 Å². The topological polar surface area (TPSA) is 34.1 Å². The molecule has 1 aromatic carbocycles. The van der Waals surface area contributed by atoms with Gasteiger partial charge in [0, 0.05) is 17.9 Å². The fourth-order valence-corrected chi connectivity index (χ4v) is 1.73. The molecule has 0 N–H and O–H groups in total. The Balaban J connectivity index is 2.24. The van der Waals surface area contributed by atoms with E-state index in [1.165, 1.54) is 0 Å². The minimum absolute atomic E-state index is 0.108. The van der Waals surface area contributed by atoms with E-state index < -0.39 is 0 Å². The molecule has 1 atom stereocenters. The van der Waals surface area contributed by atoms with Crippen molar-refractivity contribution in [2.45, 2.75) is 32.6 Å². The second kappa shape index (κ2) is 7.23. The zero-order valence-corrected chi connectivity index (χ0v) is 10.7. The minimum atomic E-state index is -0.292. The molecule has 0 saturated heterocycles. The maximum Gasteiger partial charge on any atom is 0.224 e. The number of hydrogen-bond acceptors (Lipinski definition) is 2. The van der Waals surface area contributed by atoms with Crippen molar-refractivity contribution in [3.8, 4) is 0 Å². The number of hydrogen-bond donors (Lipinski definition) is 0. The molecule has 0 aliphatic heterocycles. The van der Waals surface area contributed by atoms with Crippen LogP contribution in [0.3, 0.4) is 0 Å². The van der Waals surface area contributed by atoms with Gasteiger partial charge in [0.15, 0.2) is 5.78 Å². The fourth-order valence-electron chi connectivity index (χ4n) is 1.62. The summed E-state index contributed by atoms with van der Waals surface area (Å²) in [5, 5.41) is -0.292. The highest BCUT2D eigenvalue weighted by Gasteiger charge is 2.10. The number of rotatable bonds is 7. The highest BCUT2D eigenvalue weighted by atomic mass is 35.5. The van der Waals surface area contributed by atoms with Crippen molar-refractivity contribution in [3.05, 3.63) is 35.9 Å². The molecule has 17 heavy (non-hydrogen) atoms. The third-order valence-corrected chi connectivity index (χ3v) is 3.15. The van der Waals surface area contributed by atoms with Crippen molar-refractivity contribution in [3.63, 3.8) is 0 Å². The van der Waals surface area contributed by atoms with Gasteiger partial charge in [0.25, 0.3) is 0 Å². The molecule has 0 bridgehead atoms. The Morgan fingerprint density at radius 3 is 2.41 bits per heavy atom. The lowest BCUT2D eigenvalue weighted by atomic mass is 10.0. The van der Waals surface area contributed by atoms with Gasteiger partial charge in [-0.15, -0.1) is 0 Å². The molecular formula is C14H17ClO2. The van der Waals surface area contributed by atoms with Crippen LogP contribution in [0.25, 0.3) is 0 Å². The SMILES string of the molecule is CC(CCCCC(=O)c1ccccc1)C(=O)Cl. The van der Waals surface area contributed by atoms with Gasteiger partial charge in [-0.3, -0.25) is 9.59 Å². The van der Waals surface area contributed by atoms with Crippen LogP contribution in [0.1, 0.15) is 43.0 Å². The predicted molar refractivity (Wildman–Crippen MR) is 69.3 cm³/mol. The zero-order chi connectivity index (χ0) is 12.7. The molecule has 0 radical (unpaired) electrons. The van der Waals surface area contributed by atoms with Gasteiger partial charge in [0.1, 0.15) is 0 Å². The Morgan fingerprint density at radius 2 is 1.82 bits per heavy atom. The summed E-state index contributed by atoms with van der Waals surface area (Å²) < 4.78 is 0. The average molecular weight is 253 g/mol. The Bertz CT molecular complexity index is 373. The molecule has 0 saturated carbocycles. The van der Waals surface area contributed by atoms with Crippen molar-refractivity contribution in [2.24, 2.45) is 5.92 Å². The van der Waals surface area contributed by atoms with Crippen molar-refractivity contribution in [2.75, 3.05) is 0 Å². The Morgan fingerprint density at radius 1 is 1.18 bits per heavy atom. The normalized spacial score (nSPS) is 12.1. The van der Waals surface area contributed by atoms with Crippen molar-refractivity contribution >= 4 is 22.6 Å². The number of benzene rings is 1. The monoisotopic (exact) mass is 252 g/mol. The van der Waals surface area contributed by atoms with E-state index in [4.69, 9.17) is 11.6 Å². The maximum absolute atomic E-state index is 11.7. The number of ketones is 1. The largest absolute Gasteiger partial charge is 0.294 e. The first-order chi connectivity index (χ1) is 8.11. The third-order valence-electron chi connectivity index (χ3n) is 2.77. The number of Topliss-reactive ketones (excluding diaryl/α,β-unsaturated/α-hetero) is 1. The standard InChI is InChI=1S/C14H17ClO2/c1-11(14(15)17)7-5-6-10-13(16)12-8-3-2-4-9-12/h2-4,8-9,11H,5-7,10H2,1H3. The van der Waals surface area contributed by atoms with Crippen molar-refractivity contribution in [1.82, 2.24) is 0 Å². The van der Waals surface area contributed by atoms with E-state index in [9.17, 15) is 9.59 Å². The van der Waals surface area contributed by atoms with Crippen molar-refractivity contribution < 1.29 is 9.59 Å². The van der Waals surface area contributed by atoms with E-state index in [1.807, 2.05) is 37.3 Å². The Kier molecular flexibility index (Phi) is 5.92. The Labute approximate surface area is 107 Å². The summed E-state index contributed by atoms with van der Waals surface area (Å²) in [6.45, 7) is 1.81. The van der Waals surface area contributed by atoms with E-state index in [0.717, 1.165) is 24.8 Å². The molecule has 0 spiro atoms. The molecule has 0 amide bonds. The van der Waals surface area contributed by atoms with Gasteiger partial charge in [0.05, 0.1) is 0 Å². The molecule has 1 aromatic rings. The van der Waals surface area contributed by atoms with Gasteiger partial charge < -0.3 is 0 Å². The van der Waals surface area contributed by atoms with Crippen LogP contribution in [-0.2, 0) is 4.79 Å². The highest BCUT2D eigenvalue weighted by Crippen LogP contribution is 2.13. The Hall–Kier alpha value is -1.15. The van der Waals surface area contributed by atoms with Crippen LogP contribution in [0.5, 0.6) is 0 Å². The van der Waals surface area contributed by atoms with Crippen LogP contribution in [0, 0.1) is 5.92 Å². The molecule has 0 heterocycles. The second-order valence-electron chi connectivity index (χ2n) is 4.24. The van der Waals surface area contributed by atoms with Gasteiger partial charge in [-0.25, -0.2) is 0 Å². The summed E-state index contributed by atoms with van der Waals surface area (Å²) in [6.07, 6.45) is 2.96. The number of carbonyl (C=O) groups excluding carboxylic acids is 2. The second-order valence-corrected chi connectivity index (χ2v) is 4.61. The average Bonchev–Trinajstić information content (AvgIpc) is 2.35. The quantitative estimate of drug-likeness (QED) is 0.420. The van der Waals surface area contributed by atoms with E-state index in [1.54, 1.807) is 0 Å². The van der Waals surface area contributed by atoms with Gasteiger partial charge in [-0.05, 0) is 24.4 Å². The minimum Gasteiger partial charge on any atom is -0.294 e. The molecule has 1 unspecified atom stereocenters. The van der Waals surface area contributed by atoms with Crippen LogP contribution in [-0.4, -0.2) is 11.0 Å². The molecule has 3 heteroatoms. The van der Waals surface area contributed by atoms with Crippen LogP contribution in [0.2, 0.25) is 0 Å². The fraction of sp³-hybridized carbons (Fsp3) is 0.429. The van der Waals surface area contributed by atoms with Crippen LogP contribution < -0.4 is 0 Å². The molecule has 0 aromatic heterocycles. The van der Waals surface area contributed by atoms with Gasteiger partial charge in [-0.2, -0.15) is 0 Å². The summed E-state index contributed by atoms with van der Waals surface area (Å²) in [4.78, 5) is 22.5. The molecule has 2 nitrogen and oxygen atoms in total. The van der Waals surface area contributed by atoms with Gasteiger partial charge >= 0.3 is 0 Å². The number of carbonyl (C=O) groups is 2. The first kappa shape index (κ1) is 13.9.